The first kappa shape index (κ1) is 28.1. The van der Waals surface area contributed by atoms with Crippen LogP contribution in [0, 0.1) is 28.6 Å². The summed E-state index contributed by atoms with van der Waals surface area (Å²) < 4.78 is 4.86. The van der Waals surface area contributed by atoms with Crippen molar-refractivity contribution in [1.82, 2.24) is 0 Å². The smallest absolute Gasteiger partial charge is 0.303 e. The molecule has 0 saturated heterocycles. The van der Waals surface area contributed by atoms with E-state index in [9.17, 15) is 24.3 Å². The number of ether oxygens (including phenoxy) is 1. The average molecular weight is 533 g/mol. The van der Waals surface area contributed by atoms with E-state index in [-0.39, 0.29) is 42.2 Å². The number of hydrogen-bond donors (Lipinski definition) is 2. The summed E-state index contributed by atoms with van der Waals surface area (Å²) in [4.78, 5) is 58.1. The molecule has 35 heavy (non-hydrogen) atoms. The molecule has 0 aromatic heterocycles. The van der Waals surface area contributed by atoms with Crippen LogP contribution in [0.3, 0.4) is 0 Å². The zero-order valence-electron chi connectivity index (χ0n) is 20.6. The van der Waals surface area contributed by atoms with Gasteiger partial charge in [0.1, 0.15) is 16.8 Å². The predicted molar refractivity (Wildman–Crippen MR) is 127 cm³/mol. The van der Waals surface area contributed by atoms with E-state index in [1.54, 1.807) is 0 Å². The monoisotopic (exact) mass is 532 g/mol. The topological polar surface area (TPSA) is 135 Å². The maximum atomic E-state index is 13.6. The highest BCUT2D eigenvalue weighted by Crippen LogP contribution is 2.69. The Morgan fingerprint density at radius 1 is 1.03 bits per heavy atom. The Morgan fingerprint density at radius 2 is 1.63 bits per heavy atom. The molecule has 2 unspecified atom stereocenters. The van der Waals surface area contributed by atoms with Gasteiger partial charge < -0.3 is 14.9 Å². The van der Waals surface area contributed by atoms with E-state index in [0.29, 0.717) is 32.1 Å². The van der Waals surface area contributed by atoms with Gasteiger partial charge in [-0.1, -0.05) is 13.8 Å². The molecule has 0 spiro atoms. The van der Waals surface area contributed by atoms with Gasteiger partial charge >= 0.3 is 5.97 Å². The summed E-state index contributed by atoms with van der Waals surface area (Å²) in [6, 6.07) is 0. The summed E-state index contributed by atoms with van der Waals surface area (Å²) in [5, 5.41) is 18.1. The number of carbonyl (C=O) groups excluding carboxylic acids is 4. The van der Waals surface area contributed by atoms with Crippen LogP contribution in [-0.2, 0) is 28.7 Å². The number of esters is 1. The number of carbonyl (C=O) groups is 5. The fourth-order valence-corrected chi connectivity index (χ4v) is 8.50. The van der Waals surface area contributed by atoms with Crippen molar-refractivity contribution in [2.75, 3.05) is 6.61 Å². The number of ketones is 3. The zero-order valence-corrected chi connectivity index (χ0v) is 22.1. The van der Waals surface area contributed by atoms with Gasteiger partial charge in [-0.2, -0.15) is 0 Å². The van der Waals surface area contributed by atoms with Crippen molar-refractivity contribution in [3.63, 3.8) is 0 Å². The van der Waals surface area contributed by atoms with Gasteiger partial charge in [0.15, 0.2) is 12.4 Å². The van der Waals surface area contributed by atoms with Gasteiger partial charge in [0, 0.05) is 38.0 Å². The van der Waals surface area contributed by atoms with Crippen LogP contribution in [0.5, 0.6) is 0 Å². The van der Waals surface area contributed by atoms with Gasteiger partial charge in [0.05, 0.1) is 4.87 Å². The molecule has 8 nitrogen and oxygen atoms in total. The molecular formula is C25H34Cl2O8. The molecule has 0 aliphatic heterocycles. The number of alkyl halides is 2. The zero-order chi connectivity index (χ0) is 26.6. The Kier molecular flexibility index (Phi) is 7.55. The molecule has 0 aromatic carbocycles. The van der Waals surface area contributed by atoms with Crippen molar-refractivity contribution in [3.05, 3.63) is 0 Å². The number of rotatable bonds is 3. The van der Waals surface area contributed by atoms with Crippen molar-refractivity contribution in [2.45, 2.75) is 88.5 Å². The fraction of sp³-hybridized carbons (Fsp3) is 0.800. The standard InChI is InChI=1S/C23H30Cl2O6.C2H4O2/c1-12(26)31-11-17(29)23(30)9-5-14-13-4-8-22(25)19(24)15(27)6-7-20(22,2)18(13)16(28)10-21(14,23)3;1-2(3)4/h13-14,18-19,30H,4-11H2,1-3H3;1H3,(H,3,4)/t13-,14-,18+,19?,20+,21-,22?,23-;/m0./s1. The Hall–Kier alpha value is -1.51. The Morgan fingerprint density at radius 3 is 2.20 bits per heavy atom. The lowest BCUT2D eigenvalue weighted by atomic mass is 9.43. The second kappa shape index (κ2) is 9.42. The van der Waals surface area contributed by atoms with Gasteiger partial charge in [-0.3, -0.25) is 24.0 Å². The van der Waals surface area contributed by atoms with Crippen molar-refractivity contribution < 1.29 is 38.9 Å². The largest absolute Gasteiger partial charge is 0.481 e. The number of aliphatic hydroxyl groups is 1. The highest BCUT2D eigenvalue weighted by molar-refractivity contribution is 6.40. The van der Waals surface area contributed by atoms with Gasteiger partial charge in [0.25, 0.3) is 5.97 Å². The fourth-order valence-electron chi connectivity index (χ4n) is 7.59. The van der Waals surface area contributed by atoms with E-state index in [4.69, 9.17) is 37.8 Å². The third-order valence-corrected chi connectivity index (χ3v) is 10.9. The summed E-state index contributed by atoms with van der Waals surface area (Å²) in [6.45, 7) is 5.62. The van der Waals surface area contributed by atoms with Crippen LogP contribution in [0.25, 0.3) is 0 Å². The normalized spacial score (nSPS) is 44.2. The number of Topliss-reactive ketones (excluding diaryl/α,β-unsaturated/α-hetero) is 3. The van der Waals surface area contributed by atoms with Gasteiger partial charge in [-0.25, -0.2) is 0 Å². The maximum absolute atomic E-state index is 13.6. The molecule has 0 aromatic rings. The van der Waals surface area contributed by atoms with Crippen molar-refractivity contribution in [1.29, 1.82) is 0 Å². The Balaban J connectivity index is 0.000000795. The van der Waals surface area contributed by atoms with Crippen LogP contribution in [0.1, 0.15) is 72.6 Å². The van der Waals surface area contributed by atoms with Crippen LogP contribution >= 0.6 is 23.2 Å². The third kappa shape index (κ3) is 4.23. The van der Waals surface area contributed by atoms with E-state index in [1.165, 1.54) is 6.92 Å². The van der Waals surface area contributed by atoms with E-state index in [0.717, 1.165) is 6.92 Å². The molecule has 4 aliphatic rings. The first-order valence-corrected chi connectivity index (χ1v) is 12.8. The molecule has 196 valence electrons. The van der Waals surface area contributed by atoms with Crippen molar-refractivity contribution in [3.8, 4) is 0 Å². The van der Waals surface area contributed by atoms with E-state index in [1.807, 2.05) is 13.8 Å². The minimum atomic E-state index is -1.71. The molecule has 0 heterocycles. The summed E-state index contributed by atoms with van der Waals surface area (Å²) in [5.74, 6) is -2.46. The molecule has 4 fully saturated rings. The number of aliphatic carboxylic acids is 1. The Labute approximate surface area is 215 Å². The lowest BCUT2D eigenvalue weighted by Crippen LogP contribution is -2.68. The number of carboxylic acids is 1. The molecule has 8 atom stereocenters. The van der Waals surface area contributed by atoms with Crippen LogP contribution < -0.4 is 0 Å². The van der Waals surface area contributed by atoms with Crippen LogP contribution in [-0.4, -0.2) is 62.0 Å². The minimum Gasteiger partial charge on any atom is -0.481 e. The quantitative estimate of drug-likeness (QED) is 0.417. The molecule has 0 radical (unpaired) electrons. The SMILES string of the molecule is CC(=O)O.CC(=O)OCC(=O)[C@@]1(O)CC[C@H]2[C@@H]3CCC4(Cl)C(Cl)C(=O)CC[C@]4(C)[C@H]3C(=O)C[C@@]21C. The number of halogens is 2. The molecule has 0 amide bonds. The number of carboxylic acid groups (broad SMARTS) is 1. The average Bonchev–Trinajstić information content (AvgIpc) is 3.02. The molecule has 2 N–H and O–H groups in total. The number of hydrogen-bond acceptors (Lipinski definition) is 7. The second-order valence-corrected chi connectivity index (χ2v) is 12.2. The molecule has 0 bridgehead atoms. The second-order valence-electron chi connectivity index (χ2n) is 11.1. The lowest BCUT2D eigenvalue weighted by molar-refractivity contribution is -0.178. The van der Waals surface area contributed by atoms with Crippen LogP contribution in [0.15, 0.2) is 0 Å². The highest BCUT2D eigenvalue weighted by atomic mass is 35.5. The van der Waals surface area contributed by atoms with E-state index >= 15 is 0 Å². The molecule has 4 aliphatic carbocycles. The predicted octanol–water partition coefficient (Wildman–Crippen LogP) is 3.31. The minimum absolute atomic E-state index is 0.0187. The first-order valence-electron chi connectivity index (χ1n) is 12.0. The van der Waals surface area contributed by atoms with Gasteiger partial charge in [0.2, 0.25) is 5.78 Å². The third-order valence-electron chi connectivity index (χ3n) is 9.33. The summed E-state index contributed by atoms with van der Waals surface area (Å²) in [5.41, 5.74) is -3.24. The summed E-state index contributed by atoms with van der Waals surface area (Å²) in [6.07, 6.45) is 2.88. The molecule has 4 rings (SSSR count). The van der Waals surface area contributed by atoms with Crippen molar-refractivity contribution >= 4 is 52.5 Å². The van der Waals surface area contributed by atoms with Gasteiger partial charge in [-0.05, 0) is 49.4 Å². The van der Waals surface area contributed by atoms with E-state index in [2.05, 4.69) is 0 Å². The van der Waals surface area contributed by atoms with Crippen LogP contribution in [0.4, 0.5) is 0 Å². The maximum Gasteiger partial charge on any atom is 0.303 e. The molecular weight excluding hydrogens is 499 g/mol. The van der Waals surface area contributed by atoms with Crippen molar-refractivity contribution in [2.24, 2.45) is 28.6 Å². The van der Waals surface area contributed by atoms with E-state index < -0.39 is 51.0 Å². The summed E-state index contributed by atoms with van der Waals surface area (Å²) >= 11 is 13.6. The first-order chi connectivity index (χ1) is 16.0. The highest BCUT2D eigenvalue weighted by Gasteiger charge is 2.72. The Bertz CT molecular complexity index is 948. The van der Waals surface area contributed by atoms with Gasteiger partial charge in [-0.15, -0.1) is 23.2 Å². The molecule has 10 heteroatoms. The number of fused-ring (bicyclic) bond motifs is 5. The summed E-state index contributed by atoms with van der Waals surface area (Å²) in [7, 11) is 0. The molecule has 4 saturated carbocycles. The lowest BCUT2D eigenvalue weighted by Gasteiger charge is -2.63. The van der Waals surface area contributed by atoms with Crippen LogP contribution in [0.2, 0.25) is 0 Å².